The lowest BCUT2D eigenvalue weighted by Gasteiger charge is -2.42. The van der Waals surface area contributed by atoms with Gasteiger partial charge in [0.1, 0.15) is 29.2 Å². The van der Waals surface area contributed by atoms with Crippen molar-refractivity contribution < 1.29 is 8.78 Å². The Bertz CT molecular complexity index is 1270. The van der Waals surface area contributed by atoms with E-state index in [2.05, 4.69) is 16.4 Å². The lowest BCUT2D eigenvalue weighted by atomic mass is 9.93. The molecule has 0 bridgehead atoms. The van der Waals surface area contributed by atoms with Gasteiger partial charge in [0.2, 0.25) is 0 Å². The van der Waals surface area contributed by atoms with Gasteiger partial charge in [-0.15, -0.1) is 0 Å². The van der Waals surface area contributed by atoms with Crippen LogP contribution in [0.2, 0.25) is 0 Å². The van der Waals surface area contributed by atoms with Crippen LogP contribution >= 0.6 is 0 Å². The summed E-state index contributed by atoms with van der Waals surface area (Å²) in [6.45, 7) is 9.19. The van der Waals surface area contributed by atoms with Crippen LogP contribution in [0.25, 0.3) is 22.0 Å². The van der Waals surface area contributed by atoms with E-state index in [1.165, 1.54) is 17.2 Å². The van der Waals surface area contributed by atoms with Crippen molar-refractivity contribution in [2.45, 2.75) is 46.6 Å². The Morgan fingerprint density at radius 2 is 1.94 bits per heavy atom. The average Bonchev–Trinajstić information content (AvgIpc) is 3.20. The number of H-pyrrole nitrogens is 1. The molecule has 0 unspecified atom stereocenters. The summed E-state index contributed by atoms with van der Waals surface area (Å²) < 4.78 is 31.1. The predicted octanol–water partition coefficient (Wildman–Crippen LogP) is 6.39. The number of aromatic nitrogens is 1. The Kier molecular flexibility index (Phi) is 6.04. The van der Waals surface area contributed by atoms with Crippen LogP contribution < -0.4 is 10.2 Å². The molecule has 6 nitrogen and oxygen atoms in total. The molecule has 32 heavy (non-hydrogen) atoms. The van der Waals surface area contributed by atoms with Crippen LogP contribution in [-0.4, -0.2) is 22.2 Å². The standard InChI is InChI=1S/C22H20F2N6.C2H6/c1-4-16(26)30-20-15(29-22(2,3)21(30)27)8-14(23)17(18(20)24)13-7-5-6-12-11(9-25)10-28-19(12)13;1-2/h5-8,10,26-29H,4H2,1-3H3;1-2H3. The van der Waals surface area contributed by atoms with Crippen LogP contribution in [-0.2, 0) is 0 Å². The first kappa shape index (κ1) is 22.9. The average molecular weight is 437 g/mol. The molecule has 4 N–H and O–H groups in total. The number of hydrogen-bond donors (Lipinski definition) is 4. The number of nitrogens with one attached hydrogen (secondary N) is 4. The SMILES string of the molecule is CC.CCC(=N)N1C(=N)C(C)(C)Nc2cc(F)c(-c3cccc4c(C#N)c[nH]c34)c(F)c21. The molecule has 0 saturated heterocycles. The van der Waals surface area contributed by atoms with Crippen molar-refractivity contribution in [3.8, 4) is 17.2 Å². The highest BCUT2D eigenvalue weighted by atomic mass is 19.1. The van der Waals surface area contributed by atoms with Crippen molar-refractivity contribution in [1.29, 1.82) is 16.1 Å². The Morgan fingerprint density at radius 3 is 2.56 bits per heavy atom. The maximum atomic E-state index is 15.9. The van der Waals surface area contributed by atoms with Gasteiger partial charge in [-0.1, -0.05) is 39.0 Å². The summed E-state index contributed by atoms with van der Waals surface area (Å²) in [5.41, 5.74) is 0.0556. The molecular weight excluding hydrogens is 410 g/mol. The molecule has 2 aromatic carbocycles. The second-order valence-electron chi connectivity index (χ2n) is 7.72. The van der Waals surface area contributed by atoms with Crippen molar-refractivity contribution in [3.63, 3.8) is 0 Å². The number of halogens is 2. The minimum absolute atomic E-state index is 0.00292. The number of fused-ring (bicyclic) bond motifs is 2. The van der Waals surface area contributed by atoms with Crippen molar-refractivity contribution in [2.75, 3.05) is 10.2 Å². The highest BCUT2D eigenvalue weighted by Gasteiger charge is 2.40. The maximum absolute atomic E-state index is 15.9. The molecule has 2 heterocycles. The zero-order valence-electron chi connectivity index (χ0n) is 18.7. The van der Waals surface area contributed by atoms with Gasteiger partial charge in [-0.3, -0.25) is 15.7 Å². The molecule has 8 heteroatoms. The summed E-state index contributed by atoms with van der Waals surface area (Å²) in [6, 6.07) is 8.18. The molecule has 1 aliphatic heterocycles. The molecule has 1 aliphatic rings. The first-order valence-corrected chi connectivity index (χ1v) is 10.5. The highest BCUT2D eigenvalue weighted by molar-refractivity contribution is 6.24. The molecule has 3 aromatic rings. The van der Waals surface area contributed by atoms with E-state index in [1.807, 2.05) is 13.8 Å². The summed E-state index contributed by atoms with van der Waals surface area (Å²) in [5, 5.41) is 29.7. The molecule has 4 rings (SSSR count). The van der Waals surface area contributed by atoms with E-state index in [1.54, 1.807) is 39.0 Å². The number of para-hydroxylation sites is 1. The third-order valence-electron chi connectivity index (χ3n) is 5.39. The summed E-state index contributed by atoms with van der Waals surface area (Å²) in [5.74, 6) is -1.59. The second kappa shape index (κ2) is 8.42. The fraction of sp³-hybridized carbons (Fsp3) is 0.292. The molecule has 0 atom stereocenters. The highest BCUT2D eigenvalue weighted by Crippen LogP contribution is 2.44. The van der Waals surface area contributed by atoms with E-state index < -0.39 is 17.2 Å². The lowest BCUT2D eigenvalue weighted by molar-refractivity contribution is 0.587. The normalized spacial score (nSPS) is 14.2. The molecule has 166 valence electrons. The quantitative estimate of drug-likeness (QED) is 0.277. The smallest absolute Gasteiger partial charge is 0.160 e. The molecule has 0 radical (unpaired) electrons. The van der Waals surface area contributed by atoms with Crippen LogP contribution in [0.1, 0.15) is 46.6 Å². The van der Waals surface area contributed by atoms with Gasteiger partial charge < -0.3 is 10.3 Å². The number of nitriles is 1. The summed E-state index contributed by atoms with van der Waals surface area (Å²) >= 11 is 0. The molecule has 1 aromatic heterocycles. The Hall–Kier alpha value is -3.73. The van der Waals surface area contributed by atoms with Gasteiger partial charge in [0.05, 0.1) is 27.9 Å². The van der Waals surface area contributed by atoms with E-state index in [0.717, 1.165) is 0 Å². The van der Waals surface area contributed by atoms with Gasteiger partial charge in [-0.25, -0.2) is 8.78 Å². The number of nitrogens with zero attached hydrogens (tertiary/aromatic N) is 2. The van der Waals surface area contributed by atoms with E-state index in [4.69, 9.17) is 10.8 Å². The summed E-state index contributed by atoms with van der Waals surface area (Å²) in [4.78, 5) is 4.17. The van der Waals surface area contributed by atoms with Crippen LogP contribution in [0, 0.1) is 33.8 Å². The molecule has 0 fully saturated rings. The minimum atomic E-state index is -0.907. The summed E-state index contributed by atoms with van der Waals surface area (Å²) in [7, 11) is 0. The van der Waals surface area contributed by atoms with Crippen LogP contribution in [0.3, 0.4) is 0 Å². The van der Waals surface area contributed by atoms with Gasteiger partial charge in [0.15, 0.2) is 5.82 Å². The molecule has 0 saturated carbocycles. The first-order valence-electron chi connectivity index (χ1n) is 10.5. The third kappa shape index (κ3) is 3.40. The zero-order valence-corrected chi connectivity index (χ0v) is 18.7. The fourth-order valence-electron chi connectivity index (χ4n) is 3.84. The van der Waals surface area contributed by atoms with Gasteiger partial charge in [0.25, 0.3) is 0 Å². The Balaban J connectivity index is 0.00000141. The minimum Gasteiger partial charge on any atom is -0.371 e. The van der Waals surface area contributed by atoms with Gasteiger partial charge >= 0.3 is 0 Å². The number of rotatable bonds is 2. The van der Waals surface area contributed by atoms with Gasteiger partial charge in [-0.05, 0) is 13.8 Å². The van der Waals surface area contributed by atoms with Gasteiger partial charge in [0, 0.05) is 29.6 Å². The van der Waals surface area contributed by atoms with Crippen molar-refractivity contribution >= 4 is 33.9 Å². The van der Waals surface area contributed by atoms with E-state index in [-0.39, 0.29) is 40.6 Å². The molecule has 0 spiro atoms. The lowest BCUT2D eigenvalue weighted by Crippen LogP contribution is -2.55. The largest absolute Gasteiger partial charge is 0.371 e. The molecule has 0 aliphatic carbocycles. The monoisotopic (exact) mass is 436 g/mol. The maximum Gasteiger partial charge on any atom is 0.160 e. The Labute approximate surface area is 185 Å². The van der Waals surface area contributed by atoms with Crippen LogP contribution in [0.4, 0.5) is 20.2 Å². The number of hydrogen-bond acceptors (Lipinski definition) is 4. The number of amidine groups is 2. The van der Waals surface area contributed by atoms with Crippen molar-refractivity contribution in [2.24, 2.45) is 0 Å². The van der Waals surface area contributed by atoms with E-state index >= 15 is 8.78 Å². The van der Waals surface area contributed by atoms with Gasteiger partial charge in [-0.2, -0.15) is 5.26 Å². The molecule has 0 amide bonds. The Morgan fingerprint density at radius 1 is 1.25 bits per heavy atom. The molecular formula is C24H26F2N6. The third-order valence-corrected chi connectivity index (χ3v) is 5.39. The van der Waals surface area contributed by atoms with E-state index in [0.29, 0.717) is 16.5 Å². The van der Waals surface area contributed by atoms with Crippen LogP contribution in [0.5, 0.6) is 0 Å². The van der Waals surface area contributed by atoms with E-state index in [9.17, 15) is 5.26 Å². The van der Waals surface area contributed by atoms with Crippen LogP contribution in [0.15, 0.2) is 30.5 Å². The van der Waals surface area contributed by atoms with Crippen molar-refractivity contribution in [1.82, 2.24) is 4.98 Å². The topological polar surface area (TPSA) is 103 Å². The predicted molar refractivity (Wildman–Crippen MR) is 126 cm³/mol. The second-order valence-corrected chi connectivity index (χ2v) is 7.72. The fourth-order valence-corrected chi connectivity index (χ4v) is 3.84. The first-order chi connectivity index (χ1) is 15.2. The summed E-state index contributed by atoms with van der Waals surface area (Å²) in [6.07, 6.45) is 1.78. The number of benzene rings is 2. The van der Waals surface area contributed by atoms with Crippen molar-refractivity contribution in [3.05, 3.63) is 47.7 Å². The number of anilines is 2. The number of aromatic amines is 1. The zero-order chi connectivity index (χ0) is 23.8.